The summed E-state index contributed by atoms with van der Waals surface area (Å²) in [6, 6.07) is 19.8. The van der Waals surface area contributed by atoms with Gasteiger partial charge >= 0.3 is 0 Å². The number of thiazole rings is 1. The highest BCUT2D eigenvalue weighted by molar-refractivity contribution is 7.13. The van der Waals surface area contributed by atoms with Crippen LogP contribution in [0.25, 0.3) is 5.57 Å². The molecule has 5 heteroatoms. The van der Waals surface area contributed by atoms with Gasteiger partial charge in [0, 0.05) is 18.9 Å². The number of nitrogens with one attached hydrogen (secondary N) is 1. The first-order valence-electron chi connectivity index (χ1n) is 10.4. The summed E-state index contributed by atoms with van der Waals surface area (Å²) in [6.07, 6.45) is 7.10. The highest BCUT2D eigenvalue weighted by Crippen LogP contribution is 2.26. The molecule has 0 spiro atoms. The fourth-order valence-electron chi connectivity index (χ4n) is 3.58. The van der Waals surface area contributed by atoms with Gasteiger partial charge in [-0.15, -0.1) is 11.3 Å². The van der Waals surface area contributed by atoms with E-state index in [1.807, 2.05) is 79.7 Å². The van der Waals surface area contributed by atoms with E-state index >= 15 is 0 Å². The Morgan fingerprint density at radius 2 is 1.77 bits per heavy atom. The van der Waals surface area contributed by atoms with Crippen molar-refractivity contribution in [3.05, 3.63) is 106 Å². The summed E-state index contributed by atoms with van der Waals surface area (Å²) < 4.78 is 0. The Morgan fingerprint density at radius 3 is 2.48 bits per heavy atom. The van der Waals surface area contributed by atoms with Crippen molar-refractivity contribution in [3.8, 4) is 0 Å². The third-order valence-corrected chi connectivity index (χ3v) is 6.51. The normalized spacial score (nSPS) is 15.6. The molecule has 2 aromatic carbocycles. The molecular formula is C26H24N2O2S. The zero-order chi connectivity index (χ0) is 21.6. The third-order valence-electron chi connectivity index (χ3n) is 5.29. The summed E-state index contributed by atoms with van der Waals surface area (Å²) in [5.41, 5.74) is 3.79. The van der Waals surface area contributed by atoms with Crippen LogP contribution in [0.3, 0.4) is 0 Å². The van der Waals surface area contributed by atoms with Gasteiger partial charge in [0.15, 0.2) is 5.78 Å². The molecular weight excluding hydrogens is 404 g/mol. The van der Waals surface area contributed by atoms with Gasteiger partial charge < -0.3 is 5.32 Å². The Balaban J connectivity index is 1.34. The maximum absolute atomic E-state index is 12.6. The van der Waals surface area contributed by atoms with E-state index in [0.717, 1.165) is 27.4 Å². The first-order chi connectivity index (χ1) is 15.1. The average Bonchev–Trinajstić information content (AvgIpc) is 3.18. The fraction of sp³-hybridized carbons (Fsp3) is 0.192. The van der Waals surface area contributed by atoms with Crippen LogP contribution in [0.4, 0.5) is 0 Å². The molecule has 1 heterocycles. The minimum Gasteiger partial charge on any atom is -0.347 e. The molecule has 1 N–H and O–H groups in total. The SMILES string of the molecule is Cc1nc(CCC2C=CC(c3ccccc3)=CC2=O)sc1C(=O)NCc1ccccc1. The van der Waals surface area contributed by atoms with Gasteiger partial charge in [-0.05, 0) is 36.1 Å². The summed E-state index contributed by atoms with van der Waals surface area (Å²) >= 11 is 1.42. The molecule has 31 heavy (non-hydrogen) atoms. The zero-order valence-corrected chi connectivity index (χ0v) is 18.2. The predicted octanol–water partition coefficient (Wildman–Crippen LogP) is 5.15. The van der Waals surface area contributed by atoms with Crippen LogP contribution in [0, 0.1) is 12.8 Å². The molecule has 3 aromatic rings. The number of amides is 1. The number of aromatic nitrogens is 1. The molecule has 0 radical (unpaired) electrons. The van der Waals surface area contributed by atoms with E-state index in [1.165, 1.54) is 11.3 Å². The molecule has 0 saturated heterocycles. The second-order valence-electron chi connectivity index (χ2n) is 7.56. The van der Waals surface area contributed by atoms with E-state index in [1.54, 1.807) is 6.08 Å². The molecule has 0 bridgehead atoms. The van der Waals surface area contributed by atoms with Crippen LogP contribution in [0.5, 0.6) is 0 Å². The van der Waals surface area contributed by atoms with E-state index in [2.05, 4.69) is 10.3 Å². The minimum atomic E-state index is -0.146. The number of aryl methyl sites for hydroxylation is 2. The summed E-state index contributed by atoms with van der Waals surface area (Å²) in [5.74, 6) is -0.128. The Bertz CT molecular complexity index is 1130. The Hall–Kier alpha value is -3.31. The summed E-state index contributed by atoms with van der Waals surface area (Å²) in [7, 11) is 0. The molecule has 0 saturated carbocycles. The lowest BCUT2D eigenvalue weighted by molar-refractivity contribution is -0.117. The molecule has 4 nitrogen and oxygen atoms in total. The quantitative estimate of drug-likeness (QED) is 0.566. The number of hydrogen-bond donors (Lipinski definition) is 1. The largest absolute Gasteiger partial charge is 0.347 e. The zero-order valence-electron chi connectivity index (χ0n) is 17.4. The number of carbonyl (C=O) groups is 2. The van der Waals surface area contributed by atoms with Gasteiger partial charge in [0.1, 0.15) is 4.88 Å². The van der Waals surface area contributed by atoms with Crippen LogP contribution >= 0.6 is 11.3 Å². The maximum atomic E-state index is 12.6. The first-order valence-corrected chi connectivity index (χ1v) is 11.2. The van der Waals surface area contributed by atoms with E-state index < -0.39 is 0 Å². The minimum absolute atomic E-state index is 0.103. The van der Waals surface area contributed by atoms with Crippen molar-refractivity contribution in [3.63, 3.8) is 0 Å². The van der Waals surface area contributed by atoms with Gasteiger partial charge in [-0.1, -0.05) is 72.8 Å². The van der Waals surface area contributed by atoms with Crippen molar-refractivity contribution >= 4 is 28.6 Å². The lowest BCUT2D eigenvalue weighted by Crippen LogP contribution is -2.22. The van der Waals surface area contributed by atoms with Crippen molar-refractivity contribution in [2.75, 3.05) is 0 Å². The molecule has 4 rings (SSSR count). The Morgan fingerprint density at radius 1 is 1.06 bits per heavy atom. The van der Waals surface area contributed by atoms with Crippen molar-refractivity contribution in [1.29, 1.82) is 0 Å². The van der Waals surface area contributed by atoms with Gasteiger partial charge in [0.25, 0.3) is 5.91 Å². The summed E-state index contributed by atoms with van der Waals surface area (Å²) in [5, 5.41) is 3.85. The van der Waals surface area contributed by atoms with Crippen LogP contribution < -0.4 is 5.32 Å². The topological polar surface area (TPSA) is 59.1 Å². The van der Waals surface area contributed by atoms with Gasteiger partial charge in [0.2, 0.25) is 0 Å². The molecule has 1 aliphatic carbocycles. The van der Waals surface area contributed by atoms with Crippen molar-refractivity contribution in [2.45, 2.75) is 26.3 Å². The van der Waals surface area contributed by atoms with E-state index in [4.69, 9.17) is 0 Å². The van der Waals surface area contributed by atoms with Gasteiger partial charge in [-0.2, -0.15) is 0 Å². The standard InChI is InChI=1S/C26H24N2O2S/c1-18-25(26(30)27-17-19-8-4-2-5-9-19)31-24(28-18)15-14-21-12-13-22(16-23(21)29)20-10-6-3-7-11-20/h2-13,16,21H,14-15,17H2,1H3,(H,27,30). The lowest BCUT2D eigenvalue weighted by Gasteiger charge is -2.14. The van der Waals surface area contributed by atoms with Crippen LogP contribution in [0.1, 0.15) is 37.9 Å². The monoisotopic (exact) mass is 428 g/mol. The number of carbonyl (C=O) groups excluding carboxylic acids is 2. The van der Waals surface area contributed by atoms with E-state index in [-0.39, 0.29) is 17.6 Å². The number of benzene rings is 2. The number of nitrogens with zero attached hydrogens (tertiary/aromatic N) is 1. The predicted molar refractivity (Wildman–Crippen MR) is 125 cm³/mol. The van der Waals surface area contributed by atoms with Crippen molar-refractivity contribution < 1.29 is 9.59 Å². The van der Waals surface area contributed by atoms with Crippen molar-refractivity contribution in [2.24, 2.45) is 5.92 Å². The summed E-state index contributed by atoms with van der Waals surface area (Å²) in [6.45, 7) is 2.35. The van der Waals surface area contributed by atoms with Crippen molar-refractivity contribution in [1.82, 2.24) is 10.3 Å². The number of ketones is 1. The molecule has 1 amide bonds. The second-order valence-corrected chi connectivity index (χ2v) is 8.65. The first kappa shape index (κ1) is 20.9. The molecule has 1 atom stereocenters. The number of rotatable bonds is 7. The Labute approximate surface area is 186 Å². The van der Waals surface area contributed by atoms with Crippen LogP contribution in [0.2, 0.25) is 0 Å². The van der Waals surface area contributed by atoms with Crippen LogP contribution in [-0.2, 0) is 17.8 Å². The second kappa shape index (κ2) is 9.67. The molecule has 156 valence electrons. The van der Waals surface area contributed by atoms with Gasteiger partial charge in [-0.25, -0.2) is 4.98 Å². The summed E-state index contributed by atoms with van der Waals surface area (Å²) in [4.78, 5) is 30.4. The van der Waals surface area contributed by atoms with Gasteiger partial charge in [0.05, 0.1) is 10.7 Å². The molecule has 1 unspecified atom stereocenters. The van der Waals surface area contributed by atoms with Crippen LogP contribution in [0.15, 0.2) is 78.9 Å². The lowest BCUT2D eigenvalue weighted by atomic mass is 9.89. The molecule has 1 aromatic heterocycles. The van der Waals surface area contributed by atoms with E-state index in [9.17, 15) is 9.59 Å². The van der Waals surface area contributed by atoms with E-state index in [0.29, 0.717) is 24.3 Å². The van der Waals surface area contributed by atoms with Gasteiger partial charge in [-0.3, -0.25) is 9.59 Å². The smallest absolute Gasteiger partial charge is 0.263 e. The molecule has 1 aliphatic rings. The highest BCUT2D eigenvalue weighted by Gasteiger charge is 2.20. The Kier molecular flexibility index (Phi) is 6.53. The highest BCUT2D eigenvalue weighted by atomic mass is 32.1. The van der Waals surface area contributed by atoms with Crippen LogP contribution in [-0.4, -0.2) is 16.7 Å². The molecule has 0 fully saturated rings. The third kappa shape index (κ3) is 5.25. The maximum Gasteiger partial charge on any atom is 0.263 e. The molecule has 0 aliphatic heterocycles. The number of allylic oxidation sites excluding steroid dienone is 4. The fourth-order valence-corrected chi connectivity index (χ4v) is 4.58. The average molecular weight is 429 g/mol. The number of hydrogen-bond acceptors (Lipinski definition) is 4.